The van der Waals surface area contributed by atoms with Gasteiger partial charge in [0.25, 0.3) is 0 Å². The molecule has 0 amide bonds. The number of hydrogen-bond donors (Lipinski definition) is 3. The van der Waals surface area contributed by atoms with Crippen molar-refractivity contribution in [3.05, 3.63) is 146 Å². The van der Waals surface area contributed by atoms with E-state index in [4.69, 9.17) is 37.0 Å². The number of carbonyl (C=O) groups is 4. The molecule has 3 N–H and O–H groups in total. The fourth-order valence-corrected chi connectivity index (χ4v) is 11.5. The fourth-order valence-electron chi connectivity index (χ4n) is 9.92. The van der Waals surface area contributed by atoms with Crippen LogP contribution >= 0.6 is 15.6 Å². The van der Waals surface area contributed by atoms with Gasteiger partial charge in [-0.25, -0.2) is 9.13 Å². The van der Waals surface area contributed by atoms with Crippen LogP contribution in [0.1, 0.15) is 297 Å². The predicted molar refractivity (Wildman–Crippen MR) is 417 cm³/mol. The first-order chi connectivity index (χ1) is 49.7. The molecule has 0 saturated heterocycles. The van der Waals surface area contributed by atoms with Crippen LogP contribution in [0, 0.1) is 0 Å². The van der Waals surface area contributed by atoms with Crippen molar-refractivity contribution in [2.24, 2.45) is 0 Å². The highest BCUT2D eigenvalue weighted by Crippen LogP contribution is 2.45. The van der Waals surface area contributed by atoms with E-state index in [0.29, 0.717) is 32.1 Å². The summed E-state index contributed by atoms with van der Waals surface area (Å²) in [6, 6.07) is 0. The summed E-state index contributed by atoms with van der Waals surface area (Å²) in [6.07, 6.45) is 84.1. The van der Waals surface area contributed by atoms with Gasteiger partial charge in [0.2, 0.25) is 0 Å². The van der Waals surface area contributed by atoms with Crippen molar-refractivity contribution in [1.29, 1.82) is 0 Å². The van der Waals surface area contributed by atoms with Gasteiger partial charge in [-0.15, -0.1) is 0 Å². The maximum atomic E-state index is 13.1. The van der Waals surface area contributed by atoms with Gasteiger partial charge in [-0.05, 0) is 161 Å². The number of esters is 4. The van der Waals surface area contributed by atoms with Gasteiger partial charge >= 0.3 is 39.5 Å². The minimum absolute atomic E-state index is 0.0322. The van der Waals surface area contributed by atoms with Crippen molar-refractivity contribution >= 4 is 39.5 Å². The normalized spacial score (nSPS) is 14.7. The summed E-state index contributed by atoms with van der Waals surface area (Å²) in [5.74, 6) is -2.28. The minimum atomic E-state index is -5.00. The topological polar surface area (TPSA) is 237 Å². The molecular weight excluding hydrogens is 1330 g/mol. The van der Waals surface area contributed by atoms with Crippen LogP contribution in [0.25, 0.3) is 0 Å². The van der Waals surface area contributed by atoms with E-state index in [1.54, 1.807) is 0 Å². The van der Waals surface area contributed by atoms with Crippen molar-refractivity contribution in [3.8, 4) is 0 Å². The second-order valence-electron chi connectivity index (χ2n) is 25.5. The van der Waals surface area contributed by atoms with Gasteiger partial charge in [0.15, 0.2) is 12.2 Å². The van der Waals surface area contributed by atoms with Gasteiger partial charge in [-0.2, -0.15) is 0 Å². The number of allylic oxidation sites excluding steroid dienone is 24. The van der Waals surface area contributed by atoms with Crippen LogP contribution in [0.15, 0.2) is 146 Å². The molecule has 582 valence electrons. The first-order valence-electron chi connectivity index (χ1n) is 39.1. The van der Waals surface area contributed by atoms with Crippen molar-refractivity contribution in [2.75, 3.05) is 39.6 Å². The Hall–Kier alpha value is -5.06. The van der Waals surface area contributed by atoms with Gasteiger partial charge in [-0.3, -0.25) is 37.3 Å². The van der Waals surface area contributed by atoms with Crippen molar-refractivity contribution in [2.45, 2.75) is 316 Å². The highest BCUT2D eigenvalue weighted by molar-refractivity contribution is 7.47. The molecule has 5 atom stereocenters. The average Bonchev–Trinajstić information content (AvgIpc) is 0.923. The van der Waals surface area contributed by atoms with Crippen LogP contribution < -0.4 is 0 Å². The SMILES string of the molecule is CC/C=C\C/C=C\C/C=C\C/C=C\CCCCCCC(=O)OCC(COP(=O)(O)OCC(O)COP(=O)(O)OCC(COC(=O)CCCCCCC/C=C\C/C=C\C/C=C\CC)OC(=O)CCCCCCC/C=C\CCCCCCCC)OC(=O)CCCC/C=C\C/C=C\C/C=C\C/C=C\CC. The van der Waals surface area contributed by atoms with Gasteiger partial charge < -0.3 is 33.8 Å². The second-order valence-corrected chi connectivity index (χ2v) is 28.4. The molecule has 0 radical (unpaired) electrons. The first kappa shape index (κ1) is 96.9. The fraction of sp³-hybridized carbons (Fsp3) is 0.663. The molecule has 0 aliphatic rings. The molecule has 5 unspecified atom stereocenters. The number of phosphoric acid groups is 2. The Bertz CT molecular complexity index is 2510. The Balaban J connectivity index is 5.44. The van der Waals surface area contributed by atoms with Crippen LogP contribution in [0.2, 0.25) is 0 Å². The third-order valence-electron chi connectivity index (χ3n) is 15.8. The average molecular weight is 1470 g/mol. The second kappa shape index (κ2) is 74.2. The Morgan fingerprint density at radius 1 is 0.284 bits per heavy atom. The standard InChI is InChI=1S/C83H138O17P2/c1-5-9-13-17-21-25-29-33-37-38-42-44-48-52-56-60-64-68-81(86)94-74-79(100-83(88)70-66-62-58-54-50-46-41-36-32-28-24-20-16-12-8-4)76-98-102(91,92)96-72-77(84)71-95-101(89,90)97-75-78(99-82(87)69-65-61-57-53-49-45-40-35-31-27-23-19-15-11-7-3)73-93-80(85)67-63-59-55-51-47-43-39-34-30-26-22-18-14-10-6-2/h9-10,12-14,16,21-22,24-26,28,33-37,39-42,44,50,54,77-79,84H,5-8,11,15,17-20,23,27,29-32,38,43,45-49,51-53,55-76H2,1-4H3,(H,89,90)(H,91,92)/b13-9-,14-10-,16-12-,25-21-,26-22-,28-24-,37-33-,39-34-,40-35-,41-36-,44-42-,54-50-. The molecule has 0 spiro atoms. The Labute approximate surface area is 617 Å². The lowest BCUT2D eigenvalue weighted by Crippen LogP contribution is -2.30. The highest BCUT2D eigenvalue weighted by Gasteiger charge is 2.30. The van der Waals surface area contributed by atoms with Crippen molar-refractivity contribution in [1.82, 2.24) is 0 Å². The molecule has 0 fully saturated rings. The number of hydrogen-bond acceptors (Lipinski definition) is 15. The number of unbranched alkanes of at least 4 members (excludes halogenated alkanes) is 22. The molecule has 0 aromatic heterocycles. The first-order valence-corrected chi connectivity index (χ1v) is 42.1. The van der Waals surface area contributed by atoms with Crippen LogP contribution in [-0.2, 0) is 65.4 Å². The van der Waals surface area contributed by atoms with Crippen molar-refractivity contribution < 1.29 is 80.2 Å². The summed E-state index contributed by atoms with van der Waals surface area (Å²) >= 11 is 0. The summed E-state index contributed by atoms with van der Waals surface area (Å²) in [6.45, 7) is 4.42. The van der Waals surface area contributed by atoms with Gasteiger partial charge in [0.05, 0.1) is 26.4 Å². The van der Waals surface area contributed by atoms with E-state index in [-0.39, 0.29) is 25.7 Å². The van der Waals surface area contributed by atoms with Crippen LogP contribution in [0.4, 0.5) is 0 Å². The zero-order valence-corrected chi connectivity index (χ0v) is 65.3. The molecule has 17 nitrogen and oxygen atoms in total. The maximum absolute atomic E-state index is 13.1. The van der Waals surface area contributed by atoms with Crippen LogP contribution in [0.3, 0.4) is 0 Å². The molecule has 0 aliphatic heterocycles. The van der Waals surface area contributed by atoms with Gasteiger partial charge in [0.1, 0.15) is 19.3 Å². The number of carbonyl (C=O) groups excluding carboxylic acids is 4. The molecule has 102 heavy (non-hydrogen) atoms. The van der Waals surface area contributed by atoms with E-state index in [1.807, 2.05) is 0 Å². The lowest BCUT2D eigenvalue weighted by molar-refractivity contribution is -0.161. The number of phosphoric ester groups is 2. The van der Waals surface area contributed by atoms with E-state index in [1.165, 1.54) is 38.5 Å². The quantitative estimate of drug-likeness (QED) is 0.0169. The number of aliphatic hydroxyl groups is 1. The molecular formula is C83H138O17P2. The van der Waals surface area contributed by atoms with Gasteiger partial charge in [0, 0.05) is 25.7 Å². The Morgan fingerprint density at radius 3 is 0.814 bits per heavy atom. The molecule has 0 aliphatic carbocycles. The third kappa shape index (κ3) is 73.3. The molecule has 0 aromatic carbocycles. The van der Waals surface area contributed by atoms with Gasteiger partial charge in [-0.1, -0.05) is 257 Å². The monoisotopic (exact) mass is 1470 g/mol. The van der Waals surface area contributed by atoms with Crippen LogP contribution in [0.5, 0.6) is 0 Å². The summed E-state index contributed by atoms with van der Waals surface area (Å²) in [4.78, 5) is 73.0. The number of ether oxygens (including phenoxy) is 4. The smallest absolute Gasteiger partial charge is 0.462 e. The maximum Gasteiger partial charge on any atom is 0.472 e. The minimum Gasteiger partial charge on any atom is -0.462 e. The third-order valence-corrected chi connectivity index (χ3v) is 17.7. The summed E-state index contributed by atoms with van der Waals surface area (Å²) in [5, 5.41) is 10.6. The predicted octanol–water partition coefficient (Wildman–Crippen LogP) is 22.7. The Morgan fingerprint density at radius 2 is 0.510 bits per heavy atom. The molecule has 0 bridgehead atoms. The zero-order valence-electron chi connectivity index (χ0n) is 63.5. The van der Waals surface area contributed by atoms with Crippen molar-refractivity contribution in [3.63, 3.8) is 0 Å². The molecule has 0 rings (SSSR count). The summed E-state index contributed by atoms with van der Waals surface area (Å²) in [7, 11) is -9.99. The molecule has 0 aromatic rings. The molecule has 19 heteroatoms. The summed E-state index contributed by atoms with van der Waals surface area (Å²) < 4.78 is 68.5. The Kier molecular flexibility index (Phi) is 70.5. The summed E-state index contributed by atoms with van der Waals surface area (Å²) in [5.41, 5.74) is 0. The lowest BCUT2D eigenvalue weighted by atomic mass is 10.1. The van der Waals surface area contributed by atoms with E-state index < -0.39 is 97.5 Å². The van der Waals surface area contributed by atoms with E-state index >= 15 is 0 Å². The molecule has 0 heterocycles. The van der Waals surface area contributed by atoms with E-state index in [2.05, 4.69) is 174 Å². The number of rotatable bonds is 72. The largest absolute Gasteiger partial charge is 0.472 e. The lowest BCUT2D eigenvalue weighted by Gasteiger charge is -2.21. The van der Waals surface area contributed by atoms with E-state index in [0.717, 1.165) is 173 Å². The van der Waals surface area contributed by atoms with Crippen LogP contribution in [-0.4, -0.2) is 96.7 Å². The molecule has 0 saturated carbocycles. The number of aliphatic hydroxyl groups excluding tert-OH is 1. The highest BCUT2D eigenvalue weighted by atomic mass is 31.2. The zero-order chi connectivity index (χ0) is 74.6. The van der Waals surface area contributed by atoms with E-state index in [9.17, 15) is 43.2 Å².